The summed E-state index contributed by atoms with van der Waals surface area (Å²) in [5.74, 6) is -0.136. The minimum Gasteiger partial charge on any atom is -0.384 e. The lowest BCUT2D eigenvalue weighted by atomic mass is 10.3. The molecule has 8 heteroatoms. The lowest BCUT2D eigenvalue weighted by molar-refractivity contribution is -0.136. The van der Waals surface area contributed by atoms with Crippen LogP contribution in [-0.4, -0.2) is 45.1 Å². The predicted octanol–water partition coefficient (Wildman–Crippen LogP) is 0.518. The second kappa shape index (κ2) is 6.70. The molecule has 3 N–H and O–H groups in total. The molecule has 0 bridgehead atoms. The highest BCUT2D eigenvalue weighted by molar-refractivity contribution is 5.94. The molecule has 0 saturated heterocycles. The zero-order valence-corrected chi connectivity index (χ0v) is 12.4. The molecule has 2 amide bonds. The summed E-state index contributed by atoms with van der Waals surface area (Å²) in [5.41, 5.74) is 6.00. The van der Waals surface area contributed by atoms with Crippen molar-refractivity contribution in [3.63, 3.8) is 0 Å². The molecule has 1 atom stereocenters. The summed E-state index contributed by atoms with van der Waals surface area (Å²) in [4.78, 5) is 29.4. The van der Waals surface area contributed by atoms with Gasteiger partial charge in [-0.3, -0.25) is 14.3 Å². The molecule has 8 nitrogen and oxygen atoms in total. The molecule has 0 aliphatic rings. The van der Waals surface area contributed by atoms with E-state index in [1.807, 2.05) is 0 Å². The maximum atomic E-state index is 12.2. The van der Waals surface area contributed by atoms with Gasteiger partial charge in [0.2, 0.25) is 11.8 Å². The van der Waals surface area contributed by atoms with E-state index in [2.05, 4.69) is 15.4 Å². The van der Waals surface area contributed by atoms with E-state index in [-0.39, 0.29) is 18.4 Å². The van der Waals surface area contributed by atoms with Gasteiger partial charge in [-0.1, -0.05) is 0 Å². The van der Waals surface area contributed by atoms with Crippen molar-refractivity contribution in [1.82, 2.24) is 19.7 Å². The molecule has 0 saturated carbocycles. The highest BCUT2D eigenvalue weighted by atomic mass is 16.2. The number of nitrogens with zero attached hydrogens (tertiary/aromatic N) is 4. The van der Waals surface area contributed by atoms with Crippen molar-refractivity contribution in [2.45, 2.75) is 13.0 Å². The fourth-order valence-electron chi connectivity index (χ4n) is 1.91. The van der Waals surface area contributed by atoms with Crippen LogP contribution >= 0.6 is 0 Å². The predicted molar refractivity (Wildman–Crippen MR) is 81.9 cm³/mol. The van der Waals surface area contributed by atoms with Gasteiger partial charge in [0.05, 0.1) is 18.4 Å². The number of carbonyl (C=O) groups is 2. The van der Waals surface area contributed by atoms with E-state index in [4.69, 9.17) is 5.73 Å². The lowest BCUT2D eigenvalue weighted by Gasteiger charge is -2.21. The molecule has 2 aromatic rings. The molecule has 0 radical (unpaired) electrons. The Morgan fingerprint density at radius 2 is 2.23 bits per heavy atom. The molecule has 0 aliphatic carbocycles. The fourth-order valence-corrected chi connectivity index (χ4v) is 1.91. The first-order valence-electron chi connectivity index (χ1n) is 6.73. The van der Waals surface area contributed by atoms with Gasteiger partial charge in [0, 0.05) is 19.4 Å². The summed E-state index contributed by atoms with van der Waals surface area (Å²) in [7, 11) is 1.57. The number of pyridine rings is 1. The van der Waals surface area contributed by atoms with Gasteiger partial charge in [-0.05, 0) is 25.1 Å². The number of nitrogens with one attached hydrogen (secondary N) is 1. The van der Waals surface area contributed by atoms with Crippen LogP contribution in [0, 0.1) is 0 Å². The molecule has 2 rings (SSSR count). The summed E-state index contributed by atoms with van der Waals surface area (Å²) in [5, 5.41) is 6.68. The average Bonchev–Trinajstić information content (AvgIpc) is 3.02. The van der Waals surface area contributed by atoms with Crippen molar-refractivity contribution in [2.75, 3.05) is 24.6 Å². The Hall–Kier alpha value is -2.90. The Kier molecular flexibility index (Phi) is 4.72. The maximum Gasteiger partial charge on any atom is 0.247 e. The summed E-state index contributed by atoms with van der Waals surface area (Å²) in [6.07, 6.45) is 4.77. The Morgan fingerprint density at radius 3 is 2.82 bits per heavy atom. The number of nitrogens with two attached hydrogens (primary N) is 1. The fraction of sp³-hybridized carbons (Fsp3) is 0.286. The Balaban J connectivity index is 1.90. The average molecular weight is 302 g/mol. The molecule has 22 heavy (non-hydrogen) atoms. The number of rotatable bonds is 5. The van der Waals surface area contributed by atoms with E-state index in [1.54, 1.807) is 49.2 Å². The maximum absolute atomic E-state index is 12.2. The smallest absolute Gasteiger partial charge is 0.247 e. The van der Waals surface area contributed by atoms with Crippen molar-refractivity contribution in [3.8, 4) is 0 Å². The largest absolute Gasteiger partial charge is 0.384 e. The van der Waals surface area contributed by atoms with Gasteiger partial charge in [-0.25, -0.2) is 4.98 Å². The first-order chi connectivity index (χ1) is 10.5. The van der Waals surface area contributed by atoms with E-state index in [9.17, 15) is 9.59 Å². The number of hydrogen-bond donors (Lipinski definition) is 2. The van der Waals surface area contributed by atoms with Crippen LogP contribution in [0.3, 0.4) is 0 Å². The van der Waals surface area contributed by atoms with Gasteiger partial charge >= 0.3 is 0 Å². The highest BCUT2D eigenvalue weighted by Crippen LogP contribution is 2.09. The normalized spacial score (nSPS) is 11.7. The zero-order chi connectivity index (χ0) is 16.1. The van der Waals surface area contributed by atoms with Gasteiger partial charge in [-0.2, -0.15) is 5.10 Å². The molecule has 2 aromatic heterocycles. The minimum absolute atomic E-state index is 0.0607. The number of hydrogen-bond acceptors (Lipinski definition) is 5. The van der Waals surface area contributed by atoms with Gasteiger partial charge in [0.1, 0.15) is 11.9 Å². The topological polar surface area (TPSA) is 106 Å². The van der Waals surface area contributed by atoms with Crippen molar-refractivity contribution in [2.24, 2.45) is 0 Å². The Morgan fingerprint density at radius 1 is 1.45 bits per heavy atom. The quantitative estimate of drug-likeness (QED) is 0.837. The standard InChI is InChI=1S/C14H18N6O2/c1-10(20-7-3-6-17-20)14(22)19(2)9-13(21)18-11-4-5-12(15)16-8-11/h3-8,10H,9H2,1-2H3,(H2,15,16)(H,18,21). The third-order valence-electron chi connectivity index (χ3n) is 3.11. The van der Waals surface area contributed by atoms with Crippen LogP contribution in [0.4, 0.5) is 11.5 Å². The highest BCUT2D eigenvalue weighted by Gasteiger charge is 2.21. The molecule has 2 heterocycles. The number of aromatic nitrogens is 3. The molecule has 116 valence electrons. The first kappa shape index (κ1) is 15.5. The third-order valence-corrected chi connectivity index (χ3v) is 3.11. The van der Waals surface area contributed by atoms with Crippen molar-refractivity contribution in [3.05, 3.63) is 36.8 Å². The summed E-state index contributed by atoms with van der Waals surface area (Å²) < 4.78 is 1.54. The van der Waals surface area contributed by atoms with Crippen LogP contribution in [-0.2, 0) is 9.59 Å². The second-order valence-electron chi connectivity index (χ2n) is 4.88. The Bertz CT molecular complexity index is 638. The molecule has 0 spiro atoms. The summed E-state index contributed by atoms with van der Waals surface area (Å²) in [6, 6.07) is 4.51. The molecule has 0 aromatic carbocycles. The zero-order valence-electron chi connectivity index (χ0n) is 12.4. The van der Waals surface area contributed by atoms with Gasteiger partial charge in [0.25, 0.3) is 0 Å². The molecule has 1 unspecified atom stereocenters. The van der Waals surface area contributed by atoms with E-state index < -0.39 is 6.04 Å². The van der Waals surface area contributed by atoms with Crippen LogP contribution in [0.1, 0.15) is 13.0 Å². The molecule has 0 aliphatic heterocycles. The number of nitrogen functional groups attached to an aromatic ring is 1. The SMILES string of the molecule is CC(C(=O)N(C)CC(=O)Nc1ccc(N)nc1)n1cccn1. The molecular formula is C14H18N6O2. The third kappa shape index (κ3) is 3.81. The minimum atomic E-state index is -0.467. The first-order valence-corrected chi connectivity index (χ1v) is 6.73. The van der Waals surface area contributed by atoms with Crippen molar-refractivity contribution >= 4 is 23.3 Å². The molecular weight excluding hydrogens is 284 g/mol. The van der Waals surface area contributed by atoms with Crippen LogP contribution < -0.4 is 11.1 Å². The van der Waals surface area contributed by atoms with Gasteiger partial charge < -0.3 is 16.0 Å². The van der Waals surface area contributed by atoms with E-state index >= 15 is 0 Å². The number of carbonyl (C=O) groups excluding carboxylic acids is 2. The van der Waals surface area contributed by atoms with Gasteiger partial charge in [0.15, 0.2) is 0 Å². The Labute approximate surface area is 127 Å². The lowest BCUT2D eigenvalue weighted by Crippen LogP contribution is -2.38. The van der Waals surface area contributed by atoms with Gasteiger partial charge in [-0.15, -0.1) is 0 Å². The van der Waals surface area contributed by atoms with Crippen molar-refractivity contribution < 1.29 is 9.59 Å². The van der Waals surface area contributed by atoms with Crippen LogP contribution in [0.15, 0.2) is 36.8 Å². The summed E-state index contributed by atoms with van der Waals surface area (Å²) in [6.45, 7) is 1.67. The van der Waals surface area contributed by atoms with Crippen LogP contribution in [0.25, 0.3) is 0 Å². The van der Waals surface area contributed by atoms with Crippen LogP contribution in [0.2, 0.25) is 0 Å². The number of anilines is 2. The second-order valence-corrected chi connectivity index (χ2v) is 4.88. The monoisotopic (exact) mass is 302 g/mol. The molecule has 0 fully saturated rings. The number of likely N-dealkylation sites (N-methyl/N-ethyl adjacent to an activating group) is 1. The van der Waals surface area contributed by atoms with E-state index in [1.165, 1.54) is 11.1 Å². The van der Waals surface area contributed by atoms with E-state index in [0.717, 1.165) is 0 Å². The van der Waals surface area contributed by atoms with Crippen LogP contribution in [0.5, 0.6) is 0 Å². The van der Waals surface area contributed by atoms with Crippen molar-refractivity contribution in [1.29, 1.82) is 0 Å². The van der Waals surface area contributed by atoms with E-state index in [0.29, 0.717) is 11.5 Å². The number of amides is 2. The summed E-state index contributed by atoms with van der Waals surface area (Å²) >= 11 is 0.